The zero-order valence-electron chi connectivity index (χ0n) is 11.2. The van der Waals surface area contributed by atoms with E-state index in [1.807, 2.05) is 0 Å². The largest absolute Gasteiger partial charge is 0.497 e. The molecule has 2 aromatic rings. The van der Waals surface area contributed by atoms with Gasteiger partial charge in [-0.1, -0.05) is 6.07 Å². The van der Waals surface area contributed by atoms with Crippen molar-refractivity contribution in [2.75, 3.05) is 12.4 Å². The highest BCUT2D eigenvalue weighted by Gasteiger charge is 2.22. The van der Waals surface area contributed by atoms with Crippen LogP contribution in [0.15, 0.2) is 41.8 Å². The number of amides is 2. The lowest BCUT2D eigenvalue weighted by molar-refractivity contribution is -0.139. The molecule has 2 amide bonds. The molecule has 2 rings (SSSR count). The lowest BCUT2D eigenvalue weighted by atomic mass is 10.2. The van der Waals surface area contributed by atoms with Crippen LogP contribution >= 0.6 is 11.3 Å². The Morgan fingerprint density at radius 1 is 1.24 bits per heavy atom. The zero-order valence-corrected chi connectivity index (χ0v) is 12.0. The number of methoxy groups -OCH3 is 1. The molecule has 0 saturated carbocycles. The van der Waals surface area contributed by atoms with Gasteiger partial charge >= 0.3 is 12.0 Å². The molecule has 6 nitrogen and oxygen atoms in total. The zero-order chi connectivity index (χ0) is 15.2. The lowest BCUT2D eigenvalue weighted by Crippen LogP contribution is -2.36. The summed E-state index contributed by atoms with van der Waals surface area (Å²) in [5, 5.41) is 15.9. The van der Waals surface area contributed by atoms with Gasteiger partial charge in [0, 0.05) is 10.6 Å². The summed E-state index contributed by atoms with van der Waals surface area (Å²) in [6.45, 7) is 0. The van der Waals surface area contributed by atoms with E-state index < -0.39 is 18.0 Å². The number of hydrogen-bond acceptors (Lipinski definition) is 4. The van der Waals surface area contributed by atoms with Crippen LogP contribution < -0.4 is 15.4 Å². The van der Waals surface area contributed by atoms with Crippen molar-refractivity contribution >= 4 is 29.0 Å². The fraction of sp³-hybridized carbons (Fsp3) is 0.143. The molecule has 1 heterocycles. The molecule has 0 bridgehead atoms. The fourth-order valence-electron chi connectivity index (χ4n) is 1.68. The maximum Gasteiger partial charge on any atom is 0.331 e. The normalized spacial score (nSPS) is 11.5. The Morgan fingerprint density at radius 2 is 1.95 bits per heavy atom. The number of carbonyl (C=O) groups excluding carboxylic acids is 1. The molecule has 0 spiro atoms. The van der Waals surface area contributed by atoms with E-state index in [1.165, 1.54) is 11.3 Å². The Bertz CT molecular complexity index is 610. The molecule has 0 radical (unpaired) electrons. The predicted octanol–water partition coefficient (Wildman–Crippen LogP) is 2.70. The van der Waals surface area contributed by atoms with E-state index in [0.29, 0.717) is 16.3 Å². The first-order valence-corrected chi connectivity index (χ1v) is 6.96. The maximum atomic E-state index is 11.9. The average Bonchev–Trinajstić information content (AvgIpc) is 2.99. The van der Waals surface area contributed by atoms with E-state index in [1.54, 1.807) is 48.9 Å². The van der Waals surface area contributed by atoms with Crippen LogP contribution in [0.25, 0.3) is 0 Å². The van der Waals surface area contributed by atoms with Gasteiger partial charge in [0.1, 0.15) is 5.75 Å². The number of aliphatic carboxylic acids is 1. The van der Waals surface area contributed by atoms with Gasteiger partial charge in [0.15, 0.2) is 6.04 Å². The first-order valence-electron chi connectivity index (χ1n) is 6.08. The summed E-state index contributed by atoms with van der Waals surface area (Å²) in [6, 6.07) is 8.48. The van der Waals surface area contributed by atoms with E-state index in [4.69, 9.17) is 4.74 Å². The Morgan fingerprint density at radius 3 is 2.48 bits per heavy atom. The fourth-order valence-corrected chi connectivity index (χ4v) is 2.45. The average molecular weight is 306 g/mol. The van der Waals surface area contributed by atoms with Crippen LogP contribution in [0, 0.1) is 0 Å². The molecule has 0 aliphatic rings. The number of carboxylic acids is 1. The number of carboxylic acid groups (broad SMARTS) is 1. The molecule has 0 saturated heterocycles. The molecule has 1 unspecified atom stereocenters. The van der Waals surface area contributed by atoms with Gasteiger partial charge in [-0.3, -0.25) is 0 Å². The summed E-state index contributed by atoms with van der Waals surface area (Å²) < 4.78 is 5.01. The molecule has 21 heavy (non-hydrogen) atoms. The van der Waals surface area contributed by atoms with Crippen LogP contribution in [0.2, 0.25) is 0 Å². The highest BCUT2D eigenvalue weighted by Crippen LogP contribution is 2.20. The van der Waals surface area contributed by atoms with Gasteiger partial charge < -0.3 is 20.5 Å². The number of thiophene rings is 1. The number of anilines is 1. The molecule has 1 atom stereocenters. The third kappa shape index (κ3) is 3.96. The number of rotatable bonds is 5. The standard InChI is InChI=1S/C14H14N2O4S/c1-20-10-6-4-9(5-7-10)15-14(19)16-12(13(17)18)11-3-2-8-21-11/h2-8,12H,1H3,(H,17,18)(H2,15,16,19). The van der Waals surface area contributed by atoms with Gasteiger partial charge in [-0.2, -0.15) is 0 Å². The summed E-state index contributed by atoms with van der Waals surface area (Å²) in [7, 11) is 1.55. The summed E-state index contributed by atoms with van der Waals surface area (Å²) in [5.74, 6) is -0.440. The molecule has 0 aliphatic heterocycles. The van der Waals surface area contributed by atoms with Crippen molar-refractivity contribution < 1.29 is 19.4 Å². The van der Waals surface area contributed by atoms with Gasteiger partial charge in [-0.15, -0.1) is 11.3 Å². The van der Waals surface area contributed by atoms with Crippen molar-refractivity contribution in [3.05, 3.63) is 46.7 Å². The summed E-state index contributed by atoms with van der Waals surface area (Å²) in [4.78, 5) is 23.6. The van der Waals surface area contributed by atoms with Crippen LogP contribution in [0.3, 0.4) is 0 Å². The number of ether oxygens (including phenoxy) is 1. The Hall–Kier alpha value is -2.54. The SMILES string of the molecule is COc1ccc(NC(=O)NC(C(=O)O)c2cccs2)cc1. The smallest absolute Gasteiger partial charge is 0.331 e. The minimum absolute atomic E-state index is 0.545. The highest BCUT2D eigenvalue weighted by molar-refractivity contribution is 7.10. The molecule has 110 valence electrons. The van der Waals surface area contributed by atoms with Crippen molar-refractivity contribution in [3.8, 4) is 5.75 Å². The monoisotopic (exact) mass is 306 g/mol. The number of carbonyl (C=O) groups is 2. The van der Waals surface area contributed by atoms with E-state index >= 15 is 0 Å². The third-order valence-corrected chi connectivity index (χ3v) is 3.64. The Balaban J connectivity index is 2.00. The molecule has 7 heteroatoms. The molecular weight excluding hydrogens is 292 g/mol. The first-order chi connectivity index (χ1) is 10.1. The van der Waals surface area contributed by atoms with E-state index in [0.717, 1.165) is 0 Å². The van der Waals surface area contributed by atoms with Crippen molar-refractivity contribution in [1.82, 2.24) is 5.32 Å². The van der Waals surface area contributed by atoms with Crippen molar-refractivity contribution in [1.29, 1.82) is 0 Å². The highest BCUT2D eigenvalue weighted by atomic mass is 32.1. The van der Waals surface area contributed by atoms with E-state index in [9.17, 15) is 14.7 Å². The summed E-state index contributed by atoms with van der Waals surface area (Å²) >= 11 is 1.27. The number of benzene rings is 1. The second kappa shape index (κ2) is 6.76. The van der Waals surface area contributed by atoms with Crippen LogP contribution in [0.1, 0.15) is 10.9 Å². The van der Waals surface area contributed by atoms with Gasteiger partial charge in [0.25, 0.3) is 0 Å². The minimum atomic E-state index is -1.11. The first kappa shape index (κ1) is 14.9. The van der Waals surface area contributed by atoms with Crippen LogP contribution in [0.5, 0.6) is 5.75 Å². The van der Waals surface area contributed by atoms with E-state index in [2.05, 4.69) is 10.6 Å². The van der Waals surface area contributed by atoms with E-state index in [-0.39, 0.29) is 0 Å². The summed E-state index contributed by atoms with van der Waals surface area (Å²) in [5.41, 5.74) is 0.545. The van der Waals surface area contributed by atoms with Gasteiger partial charge in [0.05, 0.1) is 7.11 Å². The second-order valence-electron chi connectivity index (χ2n) is 4.11. The van der Waals surface area contributed by atoms with Crippen LogP contribution in [-0.2, 0) is 4.79 Å². The number of hydrogen-bond donors (Lipinski definition) is 3. The van der Waals surface area contributed by atoms with Crippen molar-refractivity contribution in [2.24, 2.45) is 0 Å². The third-order valence-electron chi connectivity index (χ3n) is 2.70. The van der Waals surface area contributed by atoms with Crippen molar-refractivity contribution in [2.45, 2.75) is 6.04 Å². The lowest BCUT2D eigenvalue weighted by Gasteiger charge is -2.14. The van der Waals surface area contributed by atoms with Gasteiger partial charge in [0.2, 0.25) is 0 Å². The number of urea groups is 1. The van der Waals surface area contributed by atoms with Crippen molar-refractivity contribution in [3.63, 3.8) is 0 Å². The minimum Gasteiger partial charge on any atom is -0.497 e. The van der Waals surface area contributed by atoms with Gasteiger partial charge in [-0.25, -0.2) is 9.59 Å². The molecule has 0 fully saturated rings. The summed E-state index contributed by atoms with van der Waals surface area (Å²) in [6.07, 6.45) is 0. The molecular formula is C14H14N2O4S. The maximum absolute atomic E-state index is 11.9. The Labute approximate surface area is 125 Å². The number of nitrogens with one attached hydrogen (secondary N) is 2. The quantitative estimate of drug-likeness (QED) is 0.792. The molecule has 1 aromatic carbocycles. The second-order valence-corrected chi connectivity index (χ2v) is 5.09. The predicted molar refractivity (Wildman–Crippen MR) is 79.8 cm³/mol. The Kier molecular flexibility index (Phi) is 4.78. The van der Waals surface area contributed by atoms with Crippen LogP contribution in [0.4, 0.5) is 10.5 Å². The van der Waals surface area contributed by atoms with Gasteiger partial charge in [-0.05, 0) is 35.7 Å². The molecule has 0 aliphatic carbocycles. The van der Waals surface area contributed by atoms with Crippen LogP contribution in [-0.4, -0.2) is 24.2 Å². The topological polar surface area (TPSA) is 87.7 Å². The molecule has 3 N–H and O–H groups in total. The molecule has 1 aromatic heterocycles.